The van der Waals surface area contributed by atoms with Crippen LogP contribution in [0.2, 0.25) is 0 Å². The molecule has 0 unspecified atom stereocenters. The zero-order valence-electron chi connectivity index (χ0n) is 15.9. The Morgan fingerprint density at radius 3 is 2.63 bits per heavy atom. The second kappa shape index (κ2) is 8.00. The first-order valence-electron chi connectivity index (χ1n) is 8.65. The molecule has 0 saturated carbocycles. The Morgan fingerprint density at radius 1 is 1.19 bits per heavy atom. The lowest BCUT2D eigenvalue weighted by atomic mass is 9.92. The van der Waals surface area contributed by atoms with E-state index in [0.717, 1.165) is 11.3 Å². The number of aromatic nitrogens is 3. The average Bonchev–Trinajstić information content (AvgIpc) is 3.29. The molecule has 0 saturated heterocycles. The number of hydrogen-bond acceptors (Lipinski definition) is 6. The standard InChI is InChI=1S/C20H23N3O3S/c1-20(2,3)17(24)13-27-19-22-21-18(15-9-5-6-10-16(15)25-4)23(19)12-14-8-7-11-26-14/h5-11H,12-13H2,1-4H3. The Morgan fingerprint density at radius 2 is 1.96 bits per heavy atom. The highest BCUT2D eigenvalue weighted by Crippen LogP contribution is 2.32. The van der Waals surface area contributed by atoms with Crippen molar-refractivity contribution in [3.63, 3.8) is 0 Å². The van der Waals surface area contributed by atoms with Crippen LogP contribution < -0.4 is 4.74 Å². The molecule has 0 fully saturated rings. The van der Waals surface area contributed by atoms with E-state index in [4.69, 9.17) is 9.15 Å². The fourth-order valence-corrected chi connectivity index (χ4v) is 3.57. The minimum absolute atomic E-state index is 0.166. The summed E-state index contributed by atoms with van der Waals surface area (Å²) in [6.45, 7) is 6.23. The molecule has 0 radical (unpaired) electrons. The lowest BCUT2D eigenvalue weighted by Gasteiger charge is -2.16. The van der Waals surface area contributed by atoms with Crippen molar-refractivity contribution >= 4 is 17.5 Å². The molecule has 142 valence electrons. The van der Waals surface area contributed by atoms with Crippen LogP contribution in [0.3, 0.4) is 0 Å². The SMILES string of the molecule is COc1ccccc1-c1nnc(SCC(=O)C(C)(C)C)n1Cc1ccco1. The zero-order valence-corrected chi connectivity index (χ0v) is 16.7. The van der Waals surface area contributed by atoms with Crippen LogP contribution in [-0.2, 0) is 11.3 Å². The molecule has 6 nitrogen and oxygen atoms in total. The van der Waals surface area contributed by atoms with Crippen LogP contribution in [0.1, 0.15) is 26.5 Å². The summed E-state index contributed by atoms with van der Waals surface area (Å²) in [6, 6.07) is 11.4. The normalized spacial score (nSPS) is 11.6. The van der Waals surface area contributed by atoms with Gasteiger partial charge in [-0.3, -0.25) is 9.36 Å². The van der Waals surface area contributed by atoms with Gasteiger partial charge in [0.25, 0.3) is 0 Å². The molecule has 1 aromatic carbocycles. The Hall–Kier alpha value is -2.54. The molecule has 0 spiro atoms. The van der Waals surface area contributed by atoms with Gasteiger partial charge in [-0.05, 0) is 24.3 Å². The summed E-state index contributed by atoms with van der Waals surface area (Å²) in [7, 11) is 1.63. The van der Waals surface area contributed by atoms with Gasteiger partial charge in [0.1, 0.15) is 17.3 Å². The summed E-state index contributed by atoms with van der Waals surface area (Å²) < 4.78 is 12.9. The molecular weight excluding hydrogens is 362 g/mol. The molecule has 27 heavy (non-hydrogen) atoms. The van der Waals surface area contributed by atoms with E-state index < -0.39 is 0 Å². The van der Waals surface area contributed by atoms with Crippen molar-refractivity contribution in [3.05, 3.63) is 48.4 Å². The number of nitrogens with zero attached hydrogens (tertiary/aromatic N) is 3. The van der Waals surface area contributed by atoms with Gasteiger partial charge in [0, 0.05) is 5.41 Å². The first-order chi connectivity index (χ1) is 12.9. The molecule has 0 atom stereocenters. The number of para-hydroxylation sites is 1. The predicted molar refractivity (Wildman–Crippen MR) is 105 cm³/mol. The molecule has 3 rings (SSSR count). The number of ketones is 1. The first-order valence-corrected chi connectivity index (χ1v) is 9.64. The topological polar surface area (TPSA) is 70.2 Å². The maximum Gasteiger partial charge on any atom is 0.192 e. The van der Waals surface area contributed by atoms with E-state index in [1.807, 2.05) is 61.7 Å². The van der Waals surface area contributed by atoms with Gasteiger partial charge >= 0.3 is 0 Å². The minimum Gasteiger partial charge on any atom is -0.496 e. The second-order valence-electron chi connectivity index (χ2n) is 7.13. The van der Waals surface area contributed by atoms with Crippen LogP contribution in [-0.4, -0.2) is 33.4 Å². The number of rotatable bonds is 7. The summed E-state index contributed by atoms with van der Waals surface area (Å²) in [5, 5.41) is 9.38. The number of carbonyl (C=O) groups excluding carboxylic acids is 1. The number of benzene rings is 1. The smallest absolute Gasteiger partial charge is 0.192 e. The number of hydrogen-bond donors (Lipinski definition) is 0. The summed E-state index contributed by atoms with van der Waals surface area (Å²) in [6.07, 6.45) is 1.64. The largest absolute Gasteiger partial charge is 0.496 e. The average molecular weight is 385 g/mol. The summed E-state index contributed by atoms with van der Waals surface area (Å²) >= 11 is 1.39. The van der Waals surface area contributed by atoms with Gasteiger partial charge in [-0.2, -0.15) is 0 Å². The number of furan rings is 1. The summed E-state index contributed by atoms with van der Waals surface area (Å²) in [5.74, 6) is 2.68. The minimum atomic E-state index is -0.385. The van der Waals surface area contributed by atoms with E-state index >= 15 is 0 Å². The van der Waals surface area contributed by atoms with Crippen molar-refractivity contribution in [2.75, 3.05) is 12.9 Å². The molecule has 0 aliphatic rings. The molecule has 0 aliphatic carbocycles. The van der Waals surface area contributed by atoms with Gasteiger partial charge < -0.3 is 9.15 Å². The Kier molecular flexibility index (Phi) is 5.70. The van der Waals surface area contributed by atoms with E-state index in [-0.39, 0.29) is 11.2 Å². The highest BCUT2D eigenvalue weighted by molar-refractivity contribution is 7.99. The third kappa shape index (κ3) is 4.42. The van der Waals surface area contributed by atoms with Crippen molar-refractivity contribution in [3.8, 4) is 17.1 Å². The van der Waals surface area contributed by atoms with Crippen LogP contribution >= 0.6 is 11.8 Å². The molecule has 0 amide bonds. The van der Waals surface area contributed by atoms with Crippen molar-refractivity contribution in [2.24, 2.45) is 5.41 Å². The number of methoxy groups -OCH3 is 1. The Labute approximate surface area is 162 Å². The Balaban J connectivity index is 1.96. The zero-order chi connectivity index (χ0) is 19.4. The van der Waals surface area contributed by atoms with E-state index in [1.165, 1.54) is 11.8 Å². The fourth-order valence-electron chi connectivity index (χ4n) is 2.47. The highest BCUT2D eigenvalue weighted by Gasteiger charge is 2.24. The third-order valence-electron chi connectivity index (χ3n) is 4.13. The summed E-state index contributed by atoms with van der Waals surface area (Å²) in [5.41, 5.74) is 0.456. The third-order valence-corrected chi connectivity index (χ3v) is 5.09. The van der Waals surface area contributed by atoms with Crippen LogP contribution in [0.4, 0.5) is 0 Å². The first kappa shape index (κ1) is 19.2. The number of ether oxygens (including phenoxy) is 1. The molecule has 0 aliphatic heterocycles. The molecular formula is C20H23N3O3S. The quantitative estimate of drug-likeness (QED) is 0.565. The molecule has 3 aromatic rings. The van der Waals surface area contributed by atoms with Gasteiger partial charge in [0.15, 0.2) is 11.0 Å². The van der Waals surface area contributed by atoms with Crippen molar-refractivity contribution < 1.29 is 13.9 Å². The van der Waals surface area contributed by atoms with Crippen LogP contribution in [0, 0.1) is 5.41 Å². The van der Waals surface area contributed by atoms with Gasteiger partial charge in [0.2, 0.25) is 0 Å². The molecule has 0 bridgehead atoms. The van der Waals surface area contributed by atoms with E-state index in [0.29, 0.717) is 29.0 Å². The highest BCUT2D eigenvalue weighted by atomic mass is 32.2. The van der Waals surface area contributed by atoms with Crippen LogP contribution in [0.5, 0.6) is 5.75 Å². The van der Waals surface area contributed by atoms with Crippen molar-refractivity contribution in [1.29, 1.82) is 0 Å². The monoisotopic (exact) mass is 385 g/mol. The van der Waals surface area contributed by atoms with Gasteiger partial charge in [-0.1, -0.05) is 44.7 Å². The molecule has 2 aromatic heterocycles. The van der Waals surface area contributed by atoms with Crippen LogP contribution in [0.15, 0.2) is 52.2 Å². The van der Waals surface area contributed by atoms with Gasteiger partial charge in [0.05, 0.1) is 31.2 Å². The van der Waals surface area contributed by atoms with Crippen molar-refractivity contribution in [2.45, 2.75) is 32.5 Å². The number of carbonyl (C=O) groups is 1. The fraction of sp³-hybridized carbons (Fsp3) is 0.350. The van der Waals surface area contributed by atoms with E-state index in [9.17, 15) is 4.79 Å². The van der Waals surface area contributed by atoms with Crippen LogP contribution in [0.25, 0.3) is 11.4 Å². The maximum atomic E-state index is 12.3. The molecule has 0 N–H and O–H groups in total. The molecule has 7 heteroatoms. The second-order valence-corrected chi connectivity index (χ2v) is 8.08. The van der Waals surface area contributed by atoms with E-state index in [1.54, 1.807) is 13.4 Å². The maximum absolute atomic E-state index is 12.3. The number of thioether (sulfide) groups is 1. The van der Waals surface area contributed by atoms with E-state index in [2.05, 4.69) is 10.2 Å². The van der Waals surface area contributed by atoms with Crippen molar-refractivity contribution in [1.82, 2.24) is 14.8 Å². The van der Waals surface area contributed by atoms with Gasteiger partial charge in [-0.25, -0.2) is 0 Å². The number of Topliss-reactive ketones (excluding diaryl/α,β-unsaturated/α-hetero) is 1. The van der Waals surface area contributed by atoms with Gasteiger partial charge in [-0.15, -0.1) is 10.2 Å². The lowest BCUT2D eigenvalue weighted by Crippen LogP contribution is -2.22. The lowest BCUT2D eigenvalue weighted by molar-refractivity contribution is -0.123. The predicted octanol–water partition coefficient (Wildman–Crippen LogP) is 4.30. The molecule has 2 heterocycles. The summed E-state index contributed by atoms with van der Waals surface area (Å²) in [4.78, 5) is 12.3. The Bertz CT molecular complexity index is 911.